The van der Waals surface area contributed by atoms with Gasteiger partial charge >= 0.3 is 0 Å². The molecule has 3 rings (SSSR count). The monoisotopic (exact) mass is 386 g/mol. The second-order valence-corrected chi connectivity index (χ2v) is 6.15. The zero-order chi connectivity index (χ0) is 17.1. The molecule has 6 heteroatoms. The minimum absolute atomic E-state index is 0.294. The van der Waals surface area contributed by atoms with Crippen molar-refractivity contribution in [3.05, 3.63) is 74.5 Å². The molecule has 0 spiro atoms. The number of nitrogens with one attached hydrogen (secondary N) is 2. The molecule has 3 aromatic rings. The van der Waals surface area contributed by atoms with E-state index in [1.165, 1.54) is 6.07 Å². The van der Waals surface area contributed by atoms with Gasteiger partial charge in [0.05, 0.1) is 12.7 Å². The SMILES string of the molecule is COc1ccc(Br)cc1CNC(=O)c1cc(=O)[nH]c2ccccc12. The number of hydrogen-bond acceptors (Lipinski definition) is 3. The number of carbonyl (C=O) groups is 1. The molecule has 2 aromatic carbocycles. The van der Waals surface area contributed by atoms with Crippen LogP contribution >= 0.6 is 15.9 Å². The van der Waals surface area contributed by atoms with Crippen LogP contribution in [-0.4, -0.2) is 18.0 Å². The number of aromatic nitrogens is 1. The smallest absolute Gasteiger partial charge is 0.252 e. The molecule has 0 atom stereocenters. The number of pyridine rings is 1. The van der Waals surface area contributed by atoms with Crippen LogP contribution in [0.5, 0.6) is 5.75 Å². The number of rotatable bonds is 4. The van der Waals surface area contributed by atoms with E-state index in [0.29, 0.717) is 28.8 Å². The summed E-state index contributed by atoms with van der Waals surface area (Å²) in [7, 11) is 1.58. The summed E-state index contributed by atoms with van der Waals surface area (Å²) in [5.74, 6) is 0.383. The molecule has 0 radical (unpaired) electrons. The lowest BCUT2D eigenvalue weighted by atomic mass is 10.1. The first-order chi connectivity index (χ1) is 11.6. The van der Waals surface area contributed by atoms with Gasteiger partial charge in [-0.3, -0.25) is 9.59 Å². The third-order valence-corrected chi connectivity index (χ3v) is 4.17. The minimum atomic E-state index is -0.307. The third kappa shape index (κ3) is 3.33. The zero-order valence-electron chi connectivity index (χ0n) is 12.9. The Hall–Kier alpha value is -2.60. The van der Waals surface area contributed by atoms with Crippen LogP contribution in [-0.2, 0) is 6.54 Å². The van der Waals surface area contributed by atoms with Crippen molar-refractivity contribution < 1.29 is 9.53 Å². The number of ether oxygens (including phenoxy) is 1. The van der Waals surface area contributed by atoms with Gasteiger partial charge in [-0.05, 0) is 24.3 Å². The summed E-state index contributed by atoms with van der Waals surface area (Å²) in [6.07, 6.45) is 0. The molecule has 1 amide bonds. The Balaban J connectivity index is 1.89. The van der Waals surface area contributed by atoms with E-state index in [4.69, 9.17) is 4.74 Å². The first-order valence-electron chi connectivity index (χ1n) is 7.31. The van der Waals surface area contributed by atoms with Crippen molar-refractivity contribution in [2.45, 2.75) is 6.54 Å². The van der Waals surface area contributed by atoms with E-state index in [1.807, 2.05) is 30.3 Å². The topological polar surface area (TPSA) is 71.2 Å². The van der Waals surface area contributed by atoms with Crippen LogP contribution in [0.2, 0.25) is 0 Å². The number of aromatic amines is 1. The number of benzene rings is 2. The first kappa shape index (κ1) is 16.3. The van der Waals surface area contributed by atoms with E-state index in [2.05, 4.69) is 26.2 Å². The van der Waals surface area contributed by atoms with Crippen LogP contribution in [0.4, 0.5) is 0 Å². The maximum Gasteiger partial charge on any atom is 0.252 e. The Morgan fingerprint density at radius 2 is 2.00 bits per heavy atom. The van der Waals surface area contributed by atoms with E-state index < -0.39 is 0 Å². The van der Waals surface area contributed by atoms with Crippen molar-refractivity contribution in [1.82, 2.24) is 10.3 Å². The largest absolute Gasteiger partial charge is 0.496 e. The number of fused-ring (bicyclic) bond motifs is 1. The zero-order valence-corrected chi connectivity index (χ0v) is 14.5. The van der Waals surface area contributed by atoms with Gasteiger partial charge in [0.25, 0.3) is 5.91 Å². The molecule has 1 heterocycles. The van der Waals surface area contributed by atoms with Gasteiger partial charge < -0.3 is 15.0 Å². The Kier molecular flexibility index (Phi) is 4.66. The fourth-order valence-electron chi connectivity index (χ4n) is 2.55. The third-order valence-electron chi connectivity index (χ3n) is 3.68. The van der Waals surface area contributed by atoms with Crippen LogP contribution < -0.4 is 15.6 Å². The lowest BCUT2D eigenvalue weighted by molar-refractivity contribution is 0.0952. The van der Waals surface area contributed by atoms with Crippen LogP contribution in [0, 0.1) is 0 Å². The molecule has 0 aliphatic carbocycles. The minimum Gasteiger partial charge on any atom is -0.496 e. The summed E-state index contributed by atoms with van der Waals surface area (Å²) in [5, 5.41) is 3.55. The van der Waals surface area contributed by atoms with E-state index in [0.717, 1.165) is 10.0 Å². The van der Waals surface area contributed by atoms with Gasteiger partial charge in [0.2, 0.25) is 5.56 Å². The Bertz CT molecular complexity index is 966. The molecule has 0 unspecified atom stereocenters. The van der Waals surface area contributed by atoms with Crippen molar-refractivity contribution in [2.24, 2.45) is 0 Å². The fourth-order valence-corrected chi connectivity index (χ4v) is 2.96. The number of amides is 1. The van der Waals surface area contributed by atoms with Gasteiger partial charge in [-0.1, -0.05) is 34.1 Å². The van der Waals surface area contributed by atoms with Crippen molar-refractivity contribution in [1.29, 1.82) is 0 Å². The molecule has 1 aromatic heterocycles. The van der Waals surface area contributed by atoms with E-state index in [1.54, 1.807) is 19.2 Å². The van der Waals surface area contributed by atoms with Crippen LogP contribution in [0.15, 0.2) is 57.8 Å². The Morgan fingerprint density at radius 1 is 1.21 bits per heavy atom. The lowest BCUT2D eigenvalue weighted by Crippen LogP contribution is -2.25. The van der Waals surface area contributed by atoms with E-state index in [-0.39, 0.29) is 11.5 Å². The Labute approximate surface area is 146 Å². The highest BCUT2D eigenvalue weighted by atomic mass is 79.9. The number of methoxy groups -OCH3 is 1. The van der Waals surface area contributed by atoms with Gasteiger partial charge in [0, 0.05) is 33.6 Å². The van der Waals surface area contributed by atoms with Gasteiger partial charge in [0.15, 0.2) is 0 Å². The molecule has 0 saturated heterocycles. The van der Waals surface area contributed by atoms with Gasteiger partial charge in [0.1, 0.15) is 5.75 Å². The van der Waals surface area contributed by atoms with Gasteiger partial charge in [-0.15, -0.1) is 0 Å². The number of para-hydroxylation sites is 1. The number of halogens is 1. The molecule has 2 N–H and O–H groups in total. The summed E-state index contributed by atoms with van der Waals surface area (Å²) in [5.41, 5.74) is 1.52. The number of H-pyrrole nitrogens is 1. The number of hydrogen-bond donors (Lipinski definition) is 2. The summed E-state index contributed by atoms with van der Waals surface area (Å²) in [6.45, 7) is 0.294. The maximum atomic E-state index is 12.6. The first-order valence-corrected chi connectivity index (χ1v) is 8.10. The summed E-state index contributed by atoms with van der Waals surface area (Å²) in [6, 6.07) is 14.1. The molecule has 24 heavy (non-hydrogen) atoms. The van der Waals surface area contributed by atoms with Crippen LogP contribution in [0.1, 0.15) is 15.9 Å². The molecule has 0 saturated carbocycles. The average Bonchev–Trinajstić information content (AvgIpc) is 2.59. The van der Waals surface area contributed by atoms with E-state index >= 15 is 0 Å². The molecule has 5 nitrogen and oxygen atoms in total. The molecule has 0 bridgehead atoms. The van der Waals surface area contributed by atoms with Crippen molar-refractivity contribution in [2.75, 3.05) is 7.11 Å². The number of carbonyl (C=O) groups excluding carboxylic acids is 1. The fraction of sp³-hybridized carbons (Fsp3) is 0.111. The van der Waals surface area contributed by atoms with Crippen molar-refractivity contribution >= 4 is 32.7 Å². The standard InChI is InChI=1S/C18H15BrN2O3/c1-24-16-7-6-12(19)8-11(16)10-20-18(23)14-9-17(22)21-15-5-3-2-4-13(14)15/h2-9H,10H2,1H3,(H,20,23)(H,21,22). The quantitative estimate of drug-likeness (QED) is 0.722. The molecule has 0 aliphatic heterocycles. The highest BCUT2D eigenvalue weighted by Crippen LogP contribution is 2.23. The second-order valence-electron chi connectivity index (χ2n) is 5.23. The van der Waals surface area contributed by atoms with Crippen LogP contribution in [0.25, 0.3) is 10.9 Å². The second kappa shape index (κ2) is 6.88. The Morgan fingerprint density at radius 3 is 2.79 bits per heavy atom. The summed E-state index contributed by atoms with van der Waals surface area (Å²) >= 11 is 3.41. The molecular formula is C18H15BrN2O3. The molecule has 0 aliphatic rings. The highest BCUT2D eigenvalue weighted by Gasteiger charge is 2.12. The lowest BCUT2D eigenvalue weighted by Gasteiger charge is -2.11. The van der Waals surface area contributed by atoms with E-state index in [9.17, 15) is 9.59 Å². The van der Waals surface area contributed by atoms with Gasteiger partial charge in [-0.2, -0.15) is 0 Å². The summed E-state index contributed by atoms with van der Waals surface area (Å²) < 4.78 is 6.20. The van der Waals surface area contributed by atoms with Crippen LogP contribution in [0.3, 0.4) is 0 Å². The van der Waals surface area contributed by atoms with Gasteiger partial charge in [-0.25, -0.2) is 0 Å². The molecular weight excluding hydrogens is 372 g/mol. The molecule has 0 fully saturated rings. The normalized spacial score (nSPS) is 10.6. The average molecular weight is 387 g/mol. The summed E-state index contributed by atoms with van der Waals surface area (Å²) in [4.78, 5) is 27.0. The predicted octanol–water partition coefficient (Wildman–Crippen LogP) is 3.23. The maximum absolute atomic E-state index is 12.6. The molecule has 122 valence electrons. The highest BCUT2D eigenvalue weighted by molar-refractivity contribution is 9.10. The predicted molar refractivity (Wildman–Crippen MR) is 96.4 cm³/mol. The van der Waals surface area contributed by atoms with Crippen molar-refractivity contribution in [3.8, 4) is 5.75 Å². The van der Waals surface area contributed by atoms with Crippen molar-refractivity contribution in [3.63, 3.8) is 0 Å².